The van der Waals surface area contributed by atoms with Gasteiger partial charge in [0.1, 0.15) is 12.7 Å². The zero-order valence-corrected chi connectivity index (χ0v) is 11.5. The first-order chi connectivity index (χ1) is 9.29. The van der Waals surface area contributed by atoms with E-state index < -0.39 is 6.10 Å². The van der Waals surface area contributed by atoms with Crippen molar-refractivity contribution in [3.05, 3.63) is 24.3 Å². The number of hydrogen-bond acceptors (Lipinski definition) is 4. The maximum atomic E-state index is 10.0. The van der Waals surface area contributed by atoms with Crippen LogP contribution in [0.3, 0.4) is 0 Å². The second-order valence-corrected chi connectivity index (χ2v) is 4.98. The third kappa shape index (κ3) is 4.40. The van der Waals surface area contributed by atoms with Gasteiger partial charge in [0.25, 0.3) is 0 Å². The van der Waals surface area contributed by atoms with Crippen molar-refractivity contribution in [1.29, 1.82) is 0 Å². The number of nitrogens with zero attached hydrogens (tertiary/aromatic N) is 1. The highest BCUT2D eigenvalue weighted by Crippen LogP contribution is 2.25. The number of ether oxygens (including phenoxy) is 2. The molecule has 4 nitrogen and oxygen atoms in total. The van der Waals surface area contributed by atoms with Crippen LogP contribution >= 0.6 is 0 Å². The van der Waals surface area contributed by atoms with Crippen LogP contribution in [0.25, 0.3) is 0 Å². The lowest BCUT2D eigenvalue weighted by molar-refractivity contribution is 0.0608. The SMILES string of the molecule is COc1ccccc1OC[C@H](O)CN1CCCCC1. The van der Waals surface area contributed by atoms with Crippen molar-refractivity contribution in [1.82, 2.24) is 4.90 Å². The Morgan fingerprint density at radius 1 is 1.16 bits per heavy atom. The van der Waals surface area contributed by atoms with Crippen LogP contribution in [-0.4, -0.2) is 49.5 Å². The Balaban J connectivity index is 1.77. The largest absolute Gasteiger partial charge is 0.493 e. The summed E-state index contributed by atoms with van der Waals surface area (Å²) in [5, 5.41) is 10.0. The van der Waals surface area contributed by atoms with Crippen molar-refractivity contribution >= 4 is 0 Å². The van der Waals surface area contributed by atoms with Gasteiger partial charge in [0.15, 0.2) is 11.5 Å². The summed E-state index contributed by atoms with van der Waals surface area (Å²) < 4.78 is 10.8. The number of aliphatic hydroxyl groups is 1. The first-order valence-corrected chi connectivity index (χ1v) is 6.96. The molecule has 4 heteroatoms. The highest BCUT2D eigenvalue weighted by atomic mass is 16.5. The minimum Gasteiger partial charge on any atom is -0.493 e. The van der Waals surface area contributed by atoms with Gasteiger partial charge in [0.05, 0.1) is 7.11 Å². The van der Waals surface area contributed by atoms with Gasteiger partial charge in [0.2, 0.25) is 0 Å². The van der Waals surface area contributed by atoms with Gasteiger partial charge in [-0.05, 0) is 38.1 Å². The van der Waals surface area contributed by atoms with E-state index in [1.165, 1.54) is 19.3 Å². The van der Waals surface area contributed by atoms with Crippen molar-refractivity contribution in [3.63, 3.8) is 0 Å². The molecule has 19 heavy (non-hydrogen) atoms. The Hall–Kier alpha value is -1.26. The molecule has 1 fully saturated rings. The summed E-state index contributed by atoms with van der Waals surface area (Å²) in [7, 11) is 1.62. The molecule has 0 spiro atoms. The van der Waals surface area contributed by atoms with Crippen molar-refractivity contribution in [2.75, 3.05) is 33.4 Å². The molecule has 1 aliphatic heterocycles. The maximum absolute atomic E-state index is 10.0. The number of para-hydroxylation sites is 2. The summed E-state index contributed by atoms with van der Waals surface area (Å²) in [6.45, 7) is 3.17. The van der Waals surface area contributed by atoms with Crippen molar-refractivity contribution in [2.45, 2.75) is 25.4 Å². The Morgan fingerprint density at radius 3 is 2.53 bits per heavy atom. The third-order valence-corrected chi connectivity index (χ3v) is 3.42. The fraction of sp³-hybridized carbons (Fsp3) is 0.600. The summed E-state index contributed by atoms with van der Waals surface area (Å²) in [4.78, 5) is 2.31. The Morgan fingerprint density at radius 2 is 1.84 bits per heavy atom. The molecule has 1 aromatic carbocycles. The summed E-state index contributed by atoms with van der Waals surface area (Å²) in [5.41, 5.74) is 0. The van der Waals surface area contributed by atoms with Crippen molar-refractivity contribution in [3.8, 4) is 11.5 Å². The van der Waals surface area contributed by atoms with Gasteiger partial charge in [-0.2, -0.15) is 0 Å². The summed E-state index contributed by atoms with van der Waals surface area (Å²) >= 11 is 0. The average Bonchev–Trinajstić information content (AvgIpc) is 2.46. The van der Waals surface area contributed by atoms with Gasteiger partial charge < -0.3 is 19.5 Å². The highest BCUT2D eigenvalue weighted by Gasteiger charge is 2.15. The minimum absolute atomic E-state index is 0.302. The molecule has 0 aliphatic carbocycles. The molecule has 1 aromatic rings. The number of aliphatic hydroxyl groups excluding tert-OH is 1. The van der Waals surface area contributed by atoms with Gasteiger partial charge in [-0.15, -0.1) is 0 Å². The van der Waals surface area contributed by atoms with Crippen LogP contribution in [0.2, 0.25) is 0 Å². The Kier molecular flexibility index (Phi) is 5.48. The predicted octanol–water partition coefficient (Wildman–Crippen LogP) is 1.92. The molecular weight excluding hydrogens is 242 g/mol. The fourth-order valence-corrected chi connectivity index (χ4v) is 2.42. The van der Waals surface area contributed by atoms with Gasteiger partial charge in [0, 0.05) is 6.54 Å². The molecule has 1 N–H and O–H groups in total. The zero-order valence-electron chi connectivity index (χ0n) is 11.5. The smallest absolute Gasteiger partial charge is 0.161 e. The molecule has 0 radical (unpaired) electrons. The predicted molar refractivity (Wildman–Crippen MR) is 74.8 cm³/mol. The van der Waals surface area contributed by atoms with Gasteiger partial charge >= 0.3 is 0 Å². The maximum Gasteiger partial charge on any atom is 0.161 e. The summed E-state index contributed by atoms with van der Waals surface area (Å²) in [6, 6.07) is 7.50. The molecule has 0 aromatic heterocycles. The molecule has 1 heterocycles. The lowest BCUT2D eigenvalue weighted by Gasteiger charge is -2.28. The Bertz CT molecular complexity index is 377. The van der Waals surface area contributed by atoms with Gasteiger partial charge in [-0.1, -0.05) is 18.6 Å². The number of benzene rings is 1. The standard InChI is InChI=1S/C15H23NO3/c1-18-14-7-3-4-8-15(14)19-12-13(17)11-16-9-5-2-6-10-16/h3-4,7-8,13,17H,2,5-6,9-12H2,1H3/t13-/m1/s1. The van der Waals surface area contributed by atoms with E-state index in [-0.39, 0.29) is 0 Å². The molecule has 0 unspecified atom stereocenters. The molecule has 0 amide bonds. The average molecular weight is 265 g/mol. The number of β-amino-alcohol motifs (C(OH)–C–C–N with tert-alkyl or cyclic N) is 1. The topological polar surface area (TPSA) is 41.9 Å². The van der Waals surface area contributed by atoms with Crippen LogP contribution in [0.1, 0.15) is 19.3 Å². The Labute approximate surface area is 114 Å². The lowest BCUT2D eigenvalue weighted by atomic mass is 10.1. The van der Waals surface area contributed by atoms with Crippen molar-refractivity contribution < 1.29 is 14.6 Å². The first-order valence-electron chi connectivity index (χ1n) is 6.96. The van der Waals surface area contributed by atoms with E-state index >= 15 is 0 Å². The quantitative estimate of drug-likeness (QED) is 0.853. The molecule has 106 valence electrons. The fourth-order valence-electron chi connectivity index (χ4n) is 2.42. The molecule has 1 aliphatic rings. The van der Waals surface area contributed by atoms with E-state index in [0.29, 0.717) is 24.7 Å². The number of rotatable bonds is 6. The second kappa shape index (κ2) is 7.36. The first kappa shape index (κ1) is 14.2. The second-order valence-electron chi connectivity index (χ2n) is 4.98. The van der Waals surface area contributed by atoms with Crippen LogP contribution in [0, 0.1) is 0 Å². The summed E-state index contributed by atoms with van der Waals surface area (Å²) in [5.74, 6) is 1.38. The third-order valence-electron chi connectivity index (χ3n) is 3.42. The lowest BCUT2D eigenvalue weighted by Crippen LogP contribution is -2.38. The van der Waals surface area contributed by atoms with Crippen LogP contribution in [0.5, 0.6) is 11.5 Å². The minimum atomic E-state index is -0.456. The zero-order chi connectivity index (χ0) is 13.5. The number of likely N-dealkylation sites (tertiary alicyclic amines) is 1. The molecule has 0 saturated carbocycles. The van der Waals surface area contributed by atoms with Crippen LogP contribution in [0.4, 0.5) is 0 Å². The number of piperidine rings is 1. The van der Waals surface area contributed by atoms with E-state index in [1.807, 2.05) is 24.3 Å². The van der Waals surface area contributed by atoms with E-state index in [0.717, 1.165) is 13.1 Å². The van der Waals surface area contributed by atoms with Crippen LogP contribution < -0.4 is 9.47 Å². The molecule has 1 atom stereocenters. The van der Waals surface area contributed by atoms with E-state index in [2.05, 4.69) is 4.90 Å². The summed E-state index contributed by atoms with van der Waals surface area (Å²) in [6.07, 6.45) is 3.33. The highest BCUT2D eigenvalue weighted by molar-refractivity contribution is 5.39. The van der Waals surface area contributed by atoms with E-state index in [1.54, 1.807) is 7.11 Å². The van der Waals surface area contributed by atoms with Gasteiger partial charge in [-0.3, -0.25) is 0 Å². The molecular formula is C15H23NO3. The van der Waals surface area contributed by atoms with E-state index in [9.17, 15) is 5.11 Å². The normalized spacial score (nSPS) is 18.0. The van der Waals surface area contributed by atoms with Gasteiger partial charge in [-0.25, -0.2) is 0 Å². The monoisotopic (exact) mass is 265 g/mol. The molecule has 2 rings (SSSR count). The van der Waals surface area contributed by atoms with Crippen LogP contribution in [0.15, 0.2) is 24.3 Å². The number of methoxy groups -OCH3 is 1. The van der Waals surface area contributed by atoms with Crippen molar-refractivity contribution in [2.24, 2.45) is 0 Å². The van der Waals surface area contributed by atoms with Crippen LogP contribution in [-0.2, 0) is 0 Å². The van der Waals surface area contributed by atoms with E-state index in [4.69, 9.17) is 9.47 Å². The molecule has 0 bridgehead atoms. The molecule has 1 saturated heterocycles. The number of hydrogen-bond donors (Lipinski definition) is 1.